The predicted octanol–water partition coefficient (Wildman–Crippen LogP) is 2.79. The maximum Gasteiger partial charge on any atom is 0.0791 e. The van der Waals surface area contributed by atoms with Crippen LogP contribution in [0.25, 0.3) is 0 Å². The van der Waals surface area contributed by atoms with E-state index in [2.05, 4.69) is 26.8 Å². The summed E-state index contributed by atoms with van der Waals surface area (Å²) in [4.78, 5) is 2.19. The number of halogens is 1. The number of rotatable bonds is 5. The van der Waals surface area contributed by atoms with E-state index in [1.165, 1.54) is 12.8 Å². The minimum absolute atomic E-state index is 0.0500. The molecule has 1 N–H and O–H groups in total. The molecule has 0 aromatic heterocycles. The van der Waals surface area contributed by atoms with Crippen LogP contribution in [-0.2, 0) is 6.61 Å². The van der Waals surface area contributed by atoms with Crippen LogP contribution in [0.4, 0.5) is 5.69 Å². The summed E-state index contributed by atoms with van der Waals surface area (Å²) in [5.41, 5.74) is 1.98. The van der Waals surface area contributed by atoms with E-state index in [-0.39, 0.29) is 6.61 Å². The van der Waals surface area contributed by atoms with Crippen LogP contribution in [0.1, 0.15) is 18.4 Å². The van der Waals surface area contributed by atoms with Gasteiger partial charge >= 0.3 is 0 Å². The van der Waals surface area contributed by atoms with Crippen molar-refractivity contribution in [2.24, 2.45) is 5.92 Å². The maximum absolute atomic E-state index is 9.38. The Labute approximate surface area is 111 Å². The van der Waals surface area contributed by atoms with Crippen LogP contribution >= 0.6 is 15.9 Å². The Bertz CT molecular complexity index is 434. The summed E-state index contributed by atoms with van der Waals surface area (Å²) >= 11 is 3.47. The van der Waals surface area contributed by atoms with Crippen molar-refractivity contribution in [2.45, 2.75) is 19.4 Å². The smallest absolute Gasteiger partial charge is 0.0791 e. The minimum atomic E-state index is 0.0500. The van der Waals surface area contributed by atoms with E-state index >= 15 is 0 Å². The molecular formula is C14H16BrNO. The van der Waals surface area contributed by atoms with Gasteiger partial charge in [-0.1, -0.05) is 27.9 Å². The monoisotopic (exact) mass is 293 g/mol. The molecule has 90 valence electrons. The molecule has 1 aromatic carbocycles. The topological polar surface area (TPSA) is 23.5 Å². The van der Waals surface area contributed by atoms with E-state index in [0.717, 1.165) is 28.2 Å². The summed E-state index contributed by atoms with van der Waals surface area (Å²) in [6, 6.07) is 5.92. The standard InChI is InChI=1S/C14H16BrNO/c1-2-7-16(9-11-3-4-11)14-8-13(15)6-5-12(14)10-17/h1,5-6,8,11,17H,3-4,7,9-10H2. The van der Waals surface area contributed by atoms with Crippen molar-refractivity contribution in [1.29, 1.82) is 0 Å². The van der Waals surface area contributed by atoms with Gasteiger partial charge in [0.15, 0.2) is 0 Å². The van der Waals surface area contributed by atoms with E-state index in [0.29, 0.717) is 6.54 Å². The molecule has 1 aliphatic rings. The molecule has 17 heavy (non-hydrogen) atoms. The molecular weight excluding hydrogens is 278 g/mol. The zero-order valence-corrected chi connectivity index (χ0v) is 11.3. The largest absolute Gasteiger partial charge is 0.392 e. The molecule has 2 rings (SSSR count). The third-order valence-electron chi connectivity index (χ3n) is 3.02. The second kappa shape index (κ2) is 5.57. The minimum Gasteiger partial charge on any atom is -0.392 e. The number of terminal acetylenes is 1. The second-order valence-corrected chi connectivity index (χ2v) is 5.37. The van der Waals surface area contributed by atoms with Crippen LogP contribution < -0.4 is 4.90 Å². The van der Waals surface area contributed by atoms with Crippen LogP contribution in [0.5, 0.6) is 0 Å². The quantitative estimate of drug-likeness (QED) is 0.844. The molecule has 0 amide bonds. The van der Waals surface area contributed by atoms with Gasteiger partial charge in [-0.2, -0.15) is 0 Å². The molecule has 0 saturated heterocycles. The van der Waals surface area contributed by atoms with Gasteiger partial charge in [-0.05, 0) is 30.9 Å². The van der Waals surface area contributed by atoms with Crippen LogP contribution in [-0.4, -0.2) is 18.2 Å². The van der Waals surface area contributed by atoms with Crippen molar-refractivity contribution in [1.82, 2.24) is 0 Å². The average Bonchev–Trinajstić information content (AvgIpc) is 3.12. The zero-order valence-electron chi connectivity index (χ0n) is 9.69. The number of aliphatic hydroxyl groups excluding tert-OH is 1. The van der Waals surface area contributed by atoms with Crippen molar-refractivity contribution in [2.75, 3.05) is 18.0 Å². The van der Waals surface area contributed by atoms with Crippen LogP contribution in [0, 0.1) is 18.3 Å². The fourth-order valence-corrected chi connectivity index (χ4v) is 2.28. The number of anilines is 1. The van der Waals surface area contributed by atoms with Crippen molar-refractivity contribution < 1.29 is 5.11 Å². The Balaban J connectivity index is 2.26. The molecule has 0 radical (unpaired) electrons. The van der Waals surface area contributed by atoms with Gasteiger partial charge in [0.25, 0.3) is 0 Å². The van der Waals surface area contributed by atoms with Crippen molar-refractivity contribution in [3.05, 3.63) is 28.2 Å². The summed E-state index contributed by atoms with van der Waals surface area (Å²) < 4.78 is 1.02. The fraction of sp³-hybridized carbons (Fsp3) is 0.429. The van der Waals surface area contributed by atoms with Crippen LogP contribution in [0.3, 0.4) is 0 Å². The number of nitrogens with zero attached hydrogens (tertiary/aromatic N) is 1. The molecule has 0 unspecified atom stereocenters. The van der Waals surface area contributed by atoms with Gasteiger partial charge in [0, 0.05) is 22.3 Å². The Kier molecular flexibility index (Phi) is 4.09. The predicted molar refractivity (Wildman–Crippen MR) is 73.8 cm³/mol. The van der Waals surface area contributed by atoms with Gasteiger partial charge in [-0.15, -0.1) is 6.42 Å². The Morgan fingerprint density at radius 2 is 2.24 bits per heavy atom. The molecule has 0 bridgehead atoms. The number of hydrogen-bond donors (Lipinski definition) is 1. The summed E-state index contributed by atoms with van der Waals surface area (Å²) in [6.45, 7) is 1.64. The molecule has 3 heteroatoms. The molecule has 1 saturated carbocycles. The Morgan fingerprint density at radius 3 is 2.82 bits per heavy atom. The van der Waals surface area contributed by atoms with E-state index < -0.39 is 0 Å². The number of hydrogen-bond acceptors (Lipinski definition) is 2. The van der Waals surface area contributed by atoms with E-state index in [1.54, 1.807) is 0 Å². The van der Waals surface area contributed by atoms with E-state index in [4.69, 9.17) is 6.42 Å². The second-order valence-electron chi connectivity index (χ2n) is 4.46. The van der Waals surface area contributed by atoms with Gasteiger partial charge in [-0.3, -0.25) is 0 Å². The van der Waals surface area contributed by atoms with Crippen molar-refractivity contribution >= 4 is 21.6 Å². The molecule has 2 nitrogen and oxygen atoms in total. The molecule has 1 aliphatic carbocycles. The van der Waals surface area contributed by atoms with Gasteiger partial charge in [-0.25, -0.2) is 0 Å². The summed E-state index contributed by atoms with van der Waals surface area (Å²) in [5.74, 6) is 3.47. The van der Waals surface area contributed by atoms with Crippen LogP contribution in [0.2, 0.25) is 0 Å². The summed E-state index contributed by atoms with van der Waals surface area (Å²) in [6.07, 6.45) is 8.02. The first kappa shape index (κ1) is 12.5. The highest BCUT2D eigenvalue weighted by molar-refractivity contribution is 9.10. The highest BCUT2D eigenvalue weighted by atomic mass is 79.9. The number of aliphatic hydroxyl groups is 1. The zero-order chi connectivity index (χ0) is 12.3. The molecule has 1 fully saturated rings. The lowest BCUT2D eigenvalue weighted by Crippen LogP contribution is -2.27. The first-order valence-corrected chi connectivity index (χ1v) is 6.61. The maximum atomic E-state index is 9.38. The molecule has 0 aliphatic heterocycles. The normalized spacial score (nSPS) is 14.4. The van der Waals surface area contributed by atoms with Gasteiger partial charge in [0.2, 0.25) is 0 Å². The van der Waals surface area contributed by atoms with E-state index in [9.17, 15) is 5.11 Å². The van der Waals surface area contributed by atoms with Crippen molar-refractivity contribution in [3.8, 4) is 12.3 Å². The average molecular weight is 294 g/mol. The fourth-order valence-electron chi connectivity index (χ4n) is 1.94. The summed E-state index contributed by atoms with van der Waals surface area (Å²) in [7, 11) is 0. The first-order chi connectivity index (χ1) is 8.24. The highest BCUT2D eigenvalue weighted by Gasteiger charge is 2.25. The molecule has 0 heterocycles. The van der Waals surface area contributed by atoms with Gasteiger partial charge in [0.05, 0.1) is 13.2 Å². The highest BCUT2D eigenvalue weighted by Crippen LogP contribution is 2.33. The third-order valence-corrected chi connectivity index (χ3v) is 3.51. The Hall–Kier alpha value is -0.980. The first-order valence-electron chi connectivity index (χ1n) is 5.82. The lowest BCUT2D eigenvalue weighted by molar-refractivity contribution is 0.282. The SMILES string of the molecule is C#CCN(CC1CC1)c1cc(Br)ccc1CO. The lowest BCUT2D eigenvalue weighted by atomic mass is 10.1. The third kappa shape index (κ3) is 3.24. The van der Waals surface area contributed by atoms with E-state index in [1.807, 2.05) is 18.2 Å². The molecule has 0 spiro atoms. The molecule has 1 aromatic rings. The number of benzene rings is 1. The van der Waals surface area contributed by atoms with Gasteiger partial charge in [0.1, 0.15) is 0 Å². The van der Waals surface area contributed by atoms with Crippen molar-refractivity contribution in [3.63, 3.8) is 0 Å². The Morgan fingerprint density at radius 1 is 1.47 bits per heavy atom. The van der Waals surface area contributed by atoms with Gasteiger partial charge < -0.3 is 10.0 Å². The summed E-state index contributed by atoms with van der Waals surface area (Å²) in [5, 5.41) is 9.38. The lowest BCUT2D eigenvalue weighted by Gasteiger charge is -2.25. The van der Waals surface area contributed by atoms with Crippen LogP contribution in [0.15, 0.2) is 22.7 Å². The molecule has 0 atom stereocenters.